The molecule has 2 N–H and O–H groups in total. The Morgan fingerprint density at radius 2 is 2.00 bits per heavy atom. The van der Waals surface area contributed by atoms with Crippen molar-refractivity contribution < 1.29 is 9.18 Å². The van der Waals surface area contributed by atoms with E-state index in [4.69, 9.17) is 11.6 Å². The van der Waals surface area contributed by atoms with Crippen LogP contribution in [-0.2, 0) is 4.79 Å². The zero-order chi connectivity index (χ0) is 13.3. The standard InChI is InChI=1S/C13H16ClFN2O/c1-3-13(4-2)7-16-10-6-9(15)8(14)5-11(10)17-12(13)18/h5-6,16H,3-4,7H2,1-2H3,(H,17,18). The molecule has 0 spiro atoms. The van der Waals surface area contributed by atoms with Gasteiger partial charge in [-0.15, -0.1) is 0 Å². The molecule has 1 heterocycles. The molecule has 5 heteroatoms. The van der Waals surface area contributed by atoms with Crippen LogP contribution in [0.5, 0.6) is 0 Å². The summed E-state index contributed by atoms with van der Waals surface area (Å²) in [5, 5.41) is 5.98. The van der Waals surface area contributed by atoms with Gasteiger partial charge < -0.3 is 10.6 Å². The Labute approximate surface area is 111 Å². The van der Waals surface area contributed by atoms with Gasteiger partial charge in [-0.3, -0.25) is 4.79 Å². The number of rotatable bonds is 2. The maximum absolute atomic E-state index is 13.4. The second-order valence-corrected chi connectivity index (χ2v) is 5.01. The Morgan fingerprint density at radius 1 is 1.33 bits per heavy atom. The maximum Gasteiger partial charge on any atom is 0.232 e. The van der Waals surface area contributed by atoms with Gasteiger partial charge in [-0.25, -0.2) is 4.39 Å². The van der Waals surface area contributed by atoms with Gasteiger partial charge in [0.1, 0.15) is 5.82 Å². The smallest absolute Gasteiger partial charge is 0.232 e. The van der Waals surface area contributed by atoms with E-state index in [2.05, 4.69) is 10.6 Å². The van der Waals surface area contributed by atoms with Crippen molar-refractivity contribution in [3.63, 3.8) is 0 Å². The van der Waals surface area contributed by atoms with Crippen LogP contribution in [0.1, 0.15) is 26.7 Å². The number of anilines is 2. The van der Waals surface area contributed by atoms with Crippen LogP contribution in [-0.4, -0.2) is 12.5 Å². The number of fused-ring (bicyclic) bond motifs is 1. The summed E-state index contributed by atoms with van der Waals surface area (Å²) >= 11 is 5.73. The topological polar surface area (TPSA) is 41.1 Å². The first-order chi connectivity index (χ1) is 8.52. The lowest BCUT2D eigenvalue weighted by Gasteiger charge is -2.27. The van der Waals surface area contributed by atoms with Crippen molar-refractivity contribution in [1.82, 2.24) is 0 Å². The van der Waals surface area contributed by atoms with Gasteiger partial charge >= 0.3 is 0 Å². The van der Waals surface area contributed by atoms with Gasteiger partial charge in [0.25, 0.3) is 0 Å². The van der Waals surface area contributed by atoms with E-state index in [1.54, 1.807) is 0 Å². The molecule has 1 aromatic carbocycles. The van der Waals surface area contributed by atoms with Crippen LogP contribution >= 0.6 is 11.6 Å². The number of hydrogen-bond donors (Lipinski definition) is 2. The van der Waals surface area contributed by atoms with Gasteiger partial charge in [0.05, 0.1) is 21.8 Å². The maximum atomic E-state index is 13.4. The Hall–Kier alpha value is -1.29. The minimum Gasteiger partial charge on any atom is -0.382 e. The number of benzene rings is 1. The summed E-state index contributed by atoms with van der Waals surface area (Å²) in [6.07, 6.45) is 1.46. The molecule has 2 rings (SSSR count). The van der Waals surface area contributed by atoms with Crippen molar-refractivity contribution in [2.24, 2.45) is 5.41 Å². The molecule has 1 aliphatic rings. The normalized spacial score (nSPS) is 17.4. The lowest BCUT2D eigenvalue weighted by molar-refractivity contribution is -0.125. The van der Waals surface area contributed by atoms with Gasteiger partial charge in [-0.05, 0) is 18.9 Å². The van der Waals surface area contributed by atoms with E-state index in [-0.39, 0.29) is 10.9 Å². The van der Waals surface area contributed by atoms with Crippen LogP contribution in [0.2, 0.25) is 5.02 Å². The van der Waals surface area contributed by atoms with Crippen LogP contribution in [0.25, 0.3) is 0 Å². The molecule has 0 radical (unpaired) electrons. The molecule has 0 saturated carbocycles. The second kappa shape index (κ2) is 4.76. The van der Waals surface area contributed by atoms with E-state index in [1.807, 2.05) is 13.8 Å². The Bertz CT molecular complexity index is 486. The molecule has 3 nitrogen and oxygen atoms in total. The average Bonchev–Trinajstić information content (AvgIpc) is 2.48. The van der Waals surface area contributed by atoms with E-state index >= 15 is 0 Å². The molecule has 0 atom stereocenters. The molecular weight excluding hydrogens is 255 g/mol. The molecular formula is C13H16ClFN2O. The van der Waals surface area contributed by atoms with Crippen molar-refractivity contribution in [2.45, 2.75) is 26.7 Å². The summed E-state index contributed by atoms with van der Waals surface area (Å²) in [6, 6.07) is 2.76. The minimum absolute atomic E-state index is 0.0105. The van der Waals surface area contributed by atoms with Crippen LogP contribution in [0.3, 0.4) is 0 Å². The largest absolute Gasteiger partial charge is 0.382 e. The molecule has 1 aliphatic heterocycles. The van der Waals surface area contributed by atoms with Crippen molar-refractivity contribution >= 4 is 28.9 Å². The molecule has 98 valence electrons. The third-order valence-corrected chi connectivity index (χ3v) is 4.05. The molecule has 1 aromatic rings. The lowest BCUT2D eigenvalue weighted by atomic mass is 9.81. The molecule has 0 aromatic heterocycles. The second-order valence-electron chi connectivity index (χ2n) is 4.61. The van der Waals surface area contributed by atoms with Gasteiger partial charge in [0.2, 0.25) is 5.91 Å². The lowest BCUT2D eigenvalue weighted by Crippen LogP contribution is -2.39. The fourth-order valence-corrected chi connectivity index (χ4v) is 2.38. The molecule has 18 heavy (non-hydrogen) atoms. The summed E-state index contributed by atoms with van der Waals surface area (Å²) in [5.74, 6) is -0.529. The van der Waals surface area contributed by atoms with Gasteiger partial charge in [0.15, 0.2) is 0 Å². The first-order valence-corrected chi connectivity index (χ1v) is 6.44. The quantitative estimate of drug-likeness (QED) is 0.861. The number of halogens is 2. The summed E-state index contributed by atoms with van der Waals surface area (Å²) in [4.78, 5) is 12.3. The summed E-state index contributed by atoms with van der Waals surface area (Å²) < 4.78 is 13.4. The Morgan fingerprint density at radius 3 is 2.61 bits per heavy atom. The predicted molar refractivity (Wildman–Crippen MR) is 71.5 cm³/mol. The van der Waals surface area contributed by atoms with Crippen molar-refractivity contribution in [3.8, 4) is 0 Å². The van der Waals surface area contributed by atoms with Crippen LogP contribution in [0, 0.1) is 11.2 Å². The highest BCUT2D eigenvalue weighted by Gasteiger charge is 2.37. The van der Waals surface area contributed by atoms with E-state index in [0.717, 1.165) is 12.8 Å². The fraction of sp³-hybridized carbons (Fsp3) is 0.462. The van der Waals surface area contributed by atoms with Crippen LogP contribution < -0.4 is 10.6 Å². The zero-order valence-corrected chi connectivity index (χ0v) is 11.2. The third-order valence-electron chi connectivity index (χ3n) is 3.76. The molecule has 0 unspecified atom stereocenters. The van der Waals surface area contributed by atoms with Crippen LogP contribution in [0.4, 0.5) is 15.8 Å². The SMILES string of the molecule is CCC1(CC)CNc2cc(F)c(Cl)cc2NC1=O. The molecule has 0 aliphatic carbocycles. The Kier molecular flexibility index (Phi) is 3.48. The van der Waals surface area contributed by atoms with E-state index in [0.29, 0.717) is 17.9 Å². The summed E-state index contributed by atoms with van der Waals surface area (Å²) in [7, 11) is 0. The van der Waals surface area contributed by atoms with E-state index < -0.39 is 11.2 Å². The number of nitrogens with one attached hydrogen (secondary N) is 2. The first kappa shape index (κ1) is 13.1. The van der Waals surface area contributed by atoms with Gasteiger partial charge in [-0.1, -0.05) is 25.4 Å². The number of amides is 1. The highest BCUT2D eigenvalue weighted by Crippen LogP contribution is 2.36. The summed E-state index contributed by atoms with van der Waals surface area (Å²) in [6.45, 7) is 4.46. The highest BCUT2D eigenvalue weighted by atomic mass is 35.5. The summed E-state index contributed by atoms with van der Waals surface area (Å²) in [5.41, 5.74) is 0.659. The minimum atomic E-state index is -0.488. The number of hydrogen-bond acceptors (Lipinski definition) is 2. The fourth-order valence-electron chi connectivity index (χ4n) is 2.22. The van der Waals surface area contributed by atoms with Crippen molar-refractivity contribution in [2.75, 3.05) is 17.2 Å². The Balaban J connectivity index is 2.41. The molecule has 0 fully saturated rings. The first-order valence-electron chi connectivity index (χ1n) is 6.07. The van der Waals surface area contributed by atoms with E-state index in [9.17, 15) is 9.18 Å². The monoisotopic (exact) mass is 270 g/mol. The highest BCUT2D eigenvalue weighted by molar-refractivity contribution is 6.31. The van der Waals surface area contributed by atoms with Gasteiger partial charge in [-0.2, -0.15) is 0 Å². The predicted octanol–water partition coefficient (Wildman–Crippen LogP) is 3.65. The molecule has 0 bridgehead atoms. The zero-order valence-electron chi connectivity index (χ0n) is 10.4. The number of carbonyl (C=O) groups excluding carboxylic acids is 1. The van der Waals surface area contributed by atoms with E-state index in [1.165, 1.54) is 12.1 Å². The van der Waals surface area contributed by atoms with Crippen molar-refractivity contribution in [3.05, 3.63) is 23.0 Å². The number of carbonyl (C=O) groups is 1. The van der Waals surface area contributed by atoms with Crippen LogP contribution in [0.15, 0.2) is 12.1 Å². The van der Waals surface area contributed by atoms with Crippen molar-refractivity contribution in [1.29, 1.82) is 0 Å². The molecule has 0 saturated heterocycles. The van der Waals surface area contributed by atoms with Gasteiger partial charge in [0, 0.05) is 12.6 Å². The molecule has 1 amide bonds. The third kappa shape index (κ3) is 2.05. The average molecular weight is 271 g/mol.